The third-order valence-electron chi connectivity index (χ3n) is 4.55. The van der Waals surface area contributed by atoms with Gasteiger partial charge in [-0.15, -0.1) is 0 Å². The maximum atomic E-state index is 13.3. The highest BCUT2D eigenvalue weighted by molar-refractivity contribution is 5.96. The molecule has 1 heterocycles. The second-order valence-electron chi connectivity index (χ2n) is 6.87. The fourth-order valence-electron chi connectivity index (χ4n) is 3.01. The van der Waals surface area contributed by atoms with Crippen molar-refractivity contribution in [2.45, 2.75) is 19.6 Å². The van der Waals surface area contributed by atoms with Crippen LogP contribution in [0.2, 0.25) is 0 Å². The number of hydrogen-bond donors (Lipinski definition) is 2. The first kappa shape index (κ1) is 19.6. The molecule has 3 aromatic carbocycles. The Morgan fingerprint density at radius 2 is 1.87 bits per heavy atom. The minimum Gasteiger partial charge on any atom is -0.489 e. The number of hydrogen-bond acceptors (Lipinski definition) is 5. The third-order valence-corrected chi connectivity index (χ3v) is 4.55. The maximum absolute atomic E-state index is 13.3. The van der Waals surface area contributed by atoms with Gasteiger partial charge in [0, 0.05) is 23.5 Å². The molecule has 1 atom stereocenters. The van der Waals surface area contributed by atoms with Crippen LogP contribution in [0.1, 0.15) is 12.5 Å². The van der Waals surface area contributed by atoms with Gasteiger partial charge in [0.2, 0.25) is 12.7 Å². The lowest BCUT2D eigenvalue weighted by atomic mass is 10.2. The monoisotopic (exact) mass is 408 g/mol. The Labute approximate surface area is 173 Å². The molecule has 0 fully saturated rings. The van der Waals surface area contributed by atoms with E-state index in [0.29, 0.717) is 22.9 Å². The Morgan fingerprint density at radius 3 is 2.73 bits per heavy atom. The van der Waals surface area contributed by atoms with Gasteiger partial charge in [0.05, 0.1) is 0 Å². The van der Waals surface area contributed by atoms with Gasteiger partial charge in [-0.1, -0.05) is 18.2 Å². The molecule has 6 nitrogen and oxygen atoms in total. The molecule has 0 bridgehead atoms. The zero-order valence-electron chi connectivity index (χ0n) is 16.4. The van der Waals surface area contributed by atoms with Gasteiger partial charge in [-0.05, 0) is 48.9 Å². The van der Waals surface area contributed by atoms with Gasteiger partial charge in [-0.2, -0.15) is 0 Å². The third kappa shape index (κ3) is 4.81. The van der Waals surface area contributed by atoms with E-state index in [9.17, 15) is 9.18 Å². The number of carbonyl (C=O) groups excluding carboxylic acids is 1. The molecule has 1 unspecified atom stereocenters. The molecule has 1 aliphatic rings. The first-order valence-corrected chi connectivity index (χ1v) is 9.51. The number of ether oxygens (including phenoxy) is 3. The van der Waals surface area contributed by atoms with Crippen molar-refractivity contribution in [3.05, 3.63) is 78.1 Å². The van der Waals surface area contributed by atoms with E-state index < -0.39 is 6.04 Å². The molecule has 0 saturated heterocycles. The standard InChI is InChI=1S/C23H21FN2O4/c1-15(23(27)26-19-8-9-21-22(12-19)30-14-29-21)25-18-6-3-7-20(11-18)28-13-16-4-2-5-17(24)10-16/h2-12,15,25H,13-14H2,1H3,(H,26,27). The molecule has 3 aromatic rings. The molecule has 0 aliphatic carbocycles. The Morgan fingerprint density at radius 1 is 1.03 bits per heavy atom. The first-order chi connectivity index (χ1) is 14.6. The van der Waals surface area contributed by atoms with E-state index in [4.69, 9.17) is 14.2 Å². The Kier molecular flexibility index (Phi) is 5.70. The van der Waals surface area contributed by atoms with E-state index in [1.165, 1.54) is 12.1 Å². The number of halogens is 1. The van der Waals surface area contributed by atoms with E-state index in [1.807, 2.05) is 18.2 Å². The topological polar surface area (TPSA) is 68.8 Å². The number of benzene rings is 3. The minimum absolute atomic E-state index is 0.183. The zero-order chi connectivity index (χ0) is 20.9. The Hall–Kier alpha value is -3.74. The van der Waals surface area contributed by atoms with Gasteiger partial charge < -0.3 is 24.8 Å². The van der Waals surface area contributed by atoms with Crippen LogP contribution in [0.4, 0.5) is 15.8 Å². The van der Waals surface area contributed by atoms with Gasteiger partial charge in [0.25, 0.3) is 0 Å². The lowest BCUT2D eigenvalue weighted by Crippen LogP contribution is -2.31. The predicted octanol–water partition coefficient (Wildman–Crippen LogP) is 4.57. The lowest BCUT2D eigenvalue weighted by Gasteiger charge is -2.16. The first-order valence-electron chi connectivity index (χ1n) is 9.51. The van der Waals surface area contributed by atoms with E-state index in [0.717, 1.165) is 11.3 Å². The maximum Gasteiger partial charge on any atom is 0.246 e. The SMILES string of the molecule is CC(Nc1cccc(OCc2cccc(F)c2)c1)C(=O)Nc1ccc2c(c1)OCO2. The molecule has 1 amide bonds. The minimum atomic E-state index is -0.492. The average molecular weight is 408 g/mol. The summed E-state index contributed by atoms with van der Waals surface area (Å²) < 4.78 is 29.6. The van der Waals surface area contributed by atoms with Crippen molar-refractivity contribution in [2.75, 3.05) is 17.4 Å². The van der Waals surface area contributed by atoms with Gasteiger partial charge >= 0.3 is 0 Å². The van der Waals surface area contributed by atoms with E-state index in [2.05, 4.69) is 10.6 Å². The quantitative estimate of drug-likeness (QED) is 0.599. The van der Waals surface area contributed by atoms with Crippen molar-refractivity contribution in [1.29, 1.82) is 0 Å². The van der Waals surface area contributed by atoms with E-state index in [-0.39, 0.29) is 25.1 Å². The summed E-state index contributed by atoms with van der Waals surface area (Å²) in [6.45, 7) is 2.20. The Balaban J connectivity index is 1.34. The molecule has 0 spiro atoms. The van der Waals surface area contributed by atoms with Crippen LogP contribution < -0.4 is 24.8 Å². The summed E-state index contributed by atoms with van der Waals surface area (Å²) >= 11 is 0. The van der Waals surface area contributed by atoms with Crippen LogP contribution in [-0.4, -0.2) is 18.7 Å². The van der Waals surface area contributed by atoms with Crippen LogP contribution in [0.5, 0.6) is 17.2 Å². The van der Waals surface area contributed by atoms with Crippen LogP contribution in [0.3, 0.4) is 0 Å². The van der Waals surface area contributed by atoms with Crippen LogP contribution in [0, 0.1) is 5.82 Å². The Bertz CT molecular complexity index is 1060. The van der Waals surface area contributed by atoms with Crippen LogP contribution in [-0.2, 0) is 11.4 Å². The molecular formula is C23H21FN2O4. The van der Waals surface area contributed by atoms with Crippen molar-refractivity contribution in [1.82, 2.24) is 0 Å². The summed E-state index contributed by atoms with van der Waals surface area (Å²) in [7, 11) is 0. The summed E-state index contributed by atoms with van der Waals surface area (Å²) in [5, 5.41) is 6.01. The summed E-state index contributed by atoms with van der Waals surface area (Å²) in [6.07, 6.45) is 0. The normalized spacial score (nSPS) is 12.9. The molecule has 2 N–H and O–H groups in total. The summed E-state index contributed by atoms with van der Waals surface area (Å²) in [5.41, 5.74) is 2.11. The highest BCUT2D eigenvalue weighted by Crippen LogP contribution is 2.34. The van der Waals surface area contributed by atoms with E-state index >= 15 is 0 Å². The molecule has 4 rings (SSSR count). The lowest BCUT2D eigenvalue weighted by molar-refractivity contribution is -0.116. The molecule has 1 aliphatic heterocycles. The second-order valence-corrected chi connectivity index (χ2v) is 6.87. The summed E-state index contributed by atoms with van der Waals surface area (Å²) in [4.78, 5) is 12.5. The second kappa shape index (κ2) is 8.73. The van der Waals surface area contributed by atoms with Gasteiger partial charge in [0.15, 0.2) is 11.5 Å². The van der Waals surface area contributed by atoms with Crippen molar-refractivity contribution in [3.8, 4) is 17.2 Å². The van der Waals surface area contributed by atoms with Crippen molar-refractivity contribution in [2.24, 2.45) is 0 Å². The predicted molar refractivity (Wildman–Crippen MR) is 111 cm³/mol. The molecule has 154 valence electrons. The van der Waals surface area contributed by atoms with Crippen LogP contribution in [0.15, 0.2) is 66.7 Å². The summed E-state index contributed by atoms with van der Waals surface area (Å²) in [5.74, 6) is 1.40. The average Bonchev–Trinajstić information content (AvgIpc) is 3.20. The molecule has 0 aromatic heterocycles. The van der Waals surface area contributed by atoms with Crippen molar-refractivity contribution in [3.63, 3.8) is 0 Å². The molecule has 7 heteroatoms. The molecular weight excluding hydrogens is 387 g/mol. The van der Waals surface area contributed by atoms with Gasteiger partial charge in [0.1, 0.15) is 24.2 Å². The zero-order valence-corrected chi connectivity index (χ0v) is 16.4. The molecule has 0 saturated carbocycles. The van der Waals surface area contributed by atoms with Gasteiger partial charge in [-0.25, -0.2) is 4.39 Å². The van der Waals surface area contributed by atoms with E-state index in [1.54, 1.807) is 43.3 Å². The molecule has 0 radical (unpaired) electrons. The highest BCUT2D eigenvalue weighted by atomic mass is 19.1. The highest BCUT2D eigenvalue weighted by Gasteiger charge is 2.17. The largest absolute Gasteiger partial charge is 0.489 e. The number of anilines is 2. The summed E-state index contributed by atoms with van der Waals surface area (Å²) in [6, 6.07) is 18.3. The van der Waals surface area contributed by atoms with Crippen LogP contribution in [0.25, 0.3) is 0 Å². The number of fused-ring (bicyclic) bond motifs is 1. The smallest absolute Gasteiger partial charge is 0.246 e. The number of carbonyl (C=O) groups is 1. The van der Waals surface area contributed by atoms with Crippen molar-refractivity contribution < 1.29 is 23.4 Å². The number of rotatable bonds is 7. The fourth-order valence-corrected chi connectivity index (χ4v) is 3.01. The molecule has 30 heavy (non-hydrogen) atoms. The van der Waals surface area contributed by atoms with Crippen molar-refractivity contribution >= 4 is 17.3 Å². The fraction of sp³-hybridized carbons (Fsp3) is 0.174. The van der Waals surface area contributed by atoms with Gasteiger partial charge in [-0.3, -0.25) is 4.79 Å². The number of amides is 1. The number of nitrogens with one attached hydrogen (secondary N) is 2. The van der Waals surface area contributed by atoms with Crippen LogP contribution >= 0.6 is 0 Å².